The Morgan fingerprint density at radius 2 is 2.00 bits per heavy atom. The van der Waals surface area contributed by atoms with Crippen molar-refractivity contribution in [3.63, 3.8) is 0 Å². The number of aliphatic hydroxyl groups is 1. The molecule has 1 aromatic carbocycles. The Kier molecular flexibility index (Phi) is 7.46. The molecular formula is C21H29N5O3S. The zero-order valence-electron chi connectivity index (χ0n) is 17.9. The van der Waals surface area contributed by atoms with Crippen LogP contribution in [0.15, 0.2) is 41.7 Å². The van der Waals surface area contributed by atoms with E-state index in [0.717, 1.165) is 5.56 Å². The molecule has 0 bridgehead atoms. The van der Waals surface area contributed by atoms with E-state index in [1.54, 1.807) is 58.5 Å². The summed E-state index contributed by atoms with van der Waals surface area (Å²) in [5, 5.41) is 20.6. The quantitative estimate of drug-likeness (QED) is 0.452. The third kappa shape index (κ3) is 6.19. The van der Waals surface area contributed by atoms with Crippen molar-refractivity contribution in [2.75, 3.05) is 13.6 Å². The van der Waals surface area contributed by atoms with Gasteiger partial charge in [-0.15, -0.1) is 0 Å². The van der Waals surface area contributed by atoms with Crippen molar-refractivity contribution in [1.29, 1.82) is 5.41 Å². The minimum absolute atomic E-state index is 0.111. The second kappa shape index (κ2) is 9.46. The van der Waals surface area contributed by atoms with E-state index in [-0.39, 0.29) is 11.4 Å². The van der Waals surface area contributed by atoms with Crippen molar-refractivity contribution in [2.45, 2.75) is 44.6 Å². The summed E-state index contributed by atoms with van der Waals surface area (Å²) < 4.78 is 27.9. The molecule has 8 nitrogen and oxygen atoms in total. The summed E-state index contributed by atoms with van der Waals surface area (Å²) >= 11 is 0. The number of hydrogen-bond acceptors (Lipinski definition) is 7. The fourth-order valence-electron chi connectivity index (χ4n) is 2.76. The molecule has 9 heteroatoms. The van der Waals surface area contributed by atoms with Crippen molar-refractivity contribution in [1.82, 2.24) is 20.0 Å². The molecular weight excluding hydrogens is 402 g/mol. The highest BCUT2D eigenvalue weighted by Gasteiger charge is 2.19. The first-order chi connectivity index (χ1) is 13.9. The van der Waals surface area contributed by atoms with Crippen molar-refractivity contribution in [3.8, 4) is 11.3 Å². The van der Waals surface area contributed by atoms with E-state index in [2.05, 4.69) is 20.0 Å². The maximum absolute atomic E-state index is 12.7. The SMILES string of the molecule is CN/C=C(\C(C)=N)c1cncc(-c2cc(S(=O)(=O)NCCC(C)(C)O)ccc2C)n1. The fourth-order valence-corrected chi connectivity index (χ4v) is 3.82. The molecule has 2 rings (SSSR count). The second-order valence-corrected chi connectivity index (χ2v) is 9.47. The zero-order valence-corrected chi connectivity index (χ0v) is 18.8. The Hall–Kier alpha value is -2.62. The Labute approximate surface area is 178 Å². The number of hydrogen-bond donors (Lipinski definition) is 4. The first-order valence-electron chi connectivity index (χ1n) is 9.53. The molecule has 2 aromatic rings. The molecule has 0 amide bonds. The van der Waals surface area contributed by atoms with Gasteiger partial charge in [0.1, 0.15) is 0 Å². The number of allylic oxidation sites excluding steroid dienone is 1. The molecule has 0 aliphatic heterocycles. The van der Waals surface area contributed by atoms with E-state index in [4.69, 9.17) is 5.41 Å². The first-order valence-corrected chi connectivity index (χ1v) is 11.0. The van der Waals surface area contributed by atoms with Crippen LogP contribution in [0.5, 0.6) is 0 Å². The Bertz CT molecular complexity index is 1060. The number of nitrogens with one attached hydrogen (secondary N) is 3. The van der Waals surface area contributed by atoms with Crippen molar-refractivity contribution in [2.24, 2.45) is 0 Å². The van der Waals surface area contributed by atoms with E-state index >= 15 is 0 Å². The highest BCUT2D eigenvalue weighted by Crippen LogP contribution is 2.26. The van der Waals surface area contributed by atoms with Gasteiger partial charge in [0.25, 0.3) is 0 Å². The molecule has 0 aliphatic rings. The first kappa shape index (κ1) is 23.7. The molecule has 0 atom stereocenters. The summed E-state index contributed by atoms with van der Waals surface area (Å²) in [6.45, 7) is 6.91. The molecule has 30 heavy (non-hydrogen) atoms. The van der Waals surface area contributed by atoms with E-state index in [0.29, 0.717) is 34.7 Å². The molecule has 0 unspecified atom stereocenters. The van der Waals surface area contributed by atoms with Gasteiger partial charge in [0.05, 0.1) is 34.3 Å². The number of rotatable bonds is 9. The zero-order chi connectivity index (χ0) is 22.5. The lowest BCUT2D eigenvalue weighted by Crippen LogP contribution is -2.30. The van der Waals surface area contributed by atoms with Crippen LogP contribution in [0.1, 0.15) is 38.4 Å². The van der Waals surface area contributed by atoms with Crippen LogP contribution in [-0.2, 0) is 10.0 Å². The topological polar surface area (TPSA) is 128 Å². The molecule has 0 aliphatic carbocycles. The highest BCUT2D eigenvalue weighted by atomic mass is 32.2. The Balaban J connectivity index is 2.42. The van der Waals surface area contributed by atoms with Gasteiger partial charge in [-0.25, -0.2) is 18.1 Å². The molecule has 1 heterocycles. The number of benzene rings is 1. The summed E-state index contributed by atoms with van der Waals surface area (Å²) in [7, 11) is -2.00. The molecule has 1 aromatic heterocycles. The van der Waals surface area contributed by atoms with Gasteiger partial charge in [0, 0.05) is 36.6 Å². The molecule has 0 radical (unpaired) electrons. The van der Waals surface area contributed by atoms with Gasteiger partial charge < -0.3 is 15.8 Å². The summed E-state index contributed by atoms with van der Waals surface area (Å²) in [5.41, 5.74) is 2.50. The van der Waals surface area contributed by atoms with Crippen LogP contribution in [0.3, 0.4) is 0 Å². The molecule has 0 spiro atoms. The largest absolute Gasteiger partial charge is 0.393 e. The third-order valence-corrected chi connectivity index (χ3v) is 5.89. The number of aromatic nitrogens is 2. The van der Waals surface area contributed by atoms with Gasteiger partial charge in [-0.1, -0.05) is 6.07 Å². The van der Waals surface area contributed by atoms with Gasteiger partial charge >= 0.3 is 0 Å². The van der Waals surface area contributed by atoms with Gasteiger partial charge in [-0.2, -0.15) is 0 Å². The van der Waals surface area contributed by atoms with Crippen LogP contribution in [0.2, 0.25) is 0 Å². The average Bonchev–Trinajstić information content (AvgIpc) is 2.65. The van der Waals surface area contributed by atoms with E-state index in [1.165, 1.54) is 6.07 Å². The van der Waals surface area contributed by atoms with E-state index in [9.17, 15) is 13.5 Å². The Morgan fingerprint density at radius 1 is 1.30 bits per heavy atom. The lowest BCUT2D eigenvalue weighted by atomic mass is 10.1. The third-order valence-electron chi connectivity index (χ3n) is 4.43. The number of sulfonamides is 1. The van der Waals surface area contributed by atoms with Crippen molar-refractivity contribution in [3.05, 3.63) is 48.1 Å². The maximum atomic E-state index is 12.7. The molecule has 0 saturated heterocycles. The van der Waals surface area contributed by atoms with Crippen molar-refractivity contribution >= 4 is 21.3 Å². The normalized spacial score (nSPS) is 12.7. The minimum atomic E-state index is -3.74. The van der Waals surface area contributed by atoms with Crippen LogP contribution in [-0.4, -0.2) is 48.4 Å². The fraction of sp³-hybridized carbons (Fsp3) is 0.381. The van der Waals surface area contributed by atoms with Crippen LogP contribution in [0, 0.1) is 12.3 Å². The lowest BCUT2D eigenvalue weighted by molar-refractivity contribution is 0.0728. The van der Waals surface area contributed by atoms with Gasteiger partial charge in [0.2, 0.25) is 10.0 Å². The smallest absolute Gasteiger partial charge is 0.240 e. The van der Waals surface area contributed by atoms with Crippen LogP contribution >= 0.6 is 0 Å². The predicted octanol–water partition coefficient (Wildman–Crippen LogP) is 2.49. The monoisotopic (exact) mass is 431 g/mol. The second-order valence-electron chi connectivity index (χ2n) is 7.70. The number of nitrogens with zero attached hydrogens (tertiary/aromatic N) is 2. The summed E-state index contributed by atoms with van der Waals surface area (Å²) in [6, 6.07) is 4.82. The lowest BCUT2D eigenvalue weighted by Gasteiger charge is -2.17. The molecule has 162 valence electrons. The standard InChI is InChI=1S/C21H29N5O3S/c1-14-6-7-16(30(28,29)25-9-8-21(3,4)27)10-17(14)19-12-24-13-20(26-19)18(11-23-5)15(2)22/h6-7,10-13,22-23,25,27H,8-9H2,1-5H3/b18-11+,22-15?. The van der Waals surface area contributed by atoms with Crippen LogP contribution < -0.4 is 10.0 Å². The van der Waals surface area contributed by atoms with Crippen LogP contribution in [0.4, 0.5) is 0 Å². The highest BCUT2D eigenvalue weighted by molar-refractivity contribution is 7.89. The van der Waals surface area contributed by atoms with Gasteiger partial charge in [-0.3, -0.25) is 4.98 Å². The van der Waals surface area contributed by atoms with E-state index in [1.807, 2.05) is 6.92 Å². The average molecular weight is 432 g/mol. The van der Waals surface area contributed by atoms with E-state index < -0.39 is 15.6 Å². The summed E-state index contributed by atoms with van der Waals surface area (Å²) in [6.07, 6.45) is 5.11. The van der Waals surface area contributed by atoms with Gasteiger partial charge in [0.15, 0.2) is 0 Å². The van der Waals surface area contributed by atoms with Crippen molar-refractivity contribution < 1.29 is 13.5 Å². The molecule has 0 saturated carbocycles. The Morgan fingerprint density at radius 3 is 2.60 bits per heavy atom. The maximum Gasteiger partial charge on any atom is 0.240 e. The van der Waals surface area contributed by atoms with Gasteiger partial charge in [-0.05, 0) is 51.8 Å². The summed E-state index contributed by atoms with van der Waals surface area (Å²) in [5.74, 6) is 0. The van der Waals surface area contributed by atoms with Crippen LogP contribution in [0.25, 0.3) is 16.8 Å². The number of aryl methyl sites for hydroxylation is 1. The molecule has 0 fully saturated rings. The predicted molar refractivity (Wildman–Crippen MR) is 119 cm³/mol. The summed E-state index contributed by atoms with van der Waals surface area (Å²) in [4.78, 5) is 8.95. The minimum Gasteiger partial charge on any atom is -0.393 e. The molecule has 4 N–H and O–H groups in total.